The van der Waals surface area contributed by atoms with Gasteiger partial charge in [-0.25, -0.2) is 8.42 Å². The monoisotopic (exact) mass is 368 g/mol. The highest BCUT2D eigenvalue weighted by Crippen LogP contribution is 2.21. The van der Waals surface area contributed by atoms with Crippen LogP contribution in [0.2, 0.25) is 0 Å². The van der Waals surface area contributed by atoms with Crippen molar-refractivity contribution in [1.82, 2.24) is 9.62 Å². The molecule has 0 aliphatic carbocycles. The van der Waals surface area contributed by atoms with E-state index >= 15 is 0 Å². The Bertz CT molecular complexity index is 690. The van der Waals surface area contributed by atoms with Crippen molar-refractivity contribution >= 4 is 15.9 Å². The van der Waals surface area contributed by atoms with Crippen molar-refractivity contribution in [2.75, 3.05) is 26.2 Å². The Morgan fingerprint density at radius 3 is 2.56 bits per heavy atom. The van der Waals surface area contributed by atoms with Gasteiger partial charge in [-0.05, 0) is 51.8 Å². The van der Waals surface area contributed by atoms with Gasteiger partial charge >= 0.3 is 0 Å². The van der Waals surface area contributed by atoms with Gasteiger partial charge in [0, 0.05) is 31.6 Å². The maximum Gasteiger partial charge on any atom is 0.251 e. The standard InChI is InChI=1S/C18H29N3O3S/c1-18(2,3)20-11-7-10-19-17(22)15-8-6-9-16(14-15)25(23,24)21-12-4-5-13-21/h6,8-9,14,20H,4-5,7,10-13H2,1-3H3,(H,19,22)/p+1. The summed E-state index contributed by atoms with van der Waals surface area (Å²) in [5.41, 5.74) is 0.572. The van der Waals surface area contributed by atoms with E-state index in [4.69, 9.17) is 0 Å². The van der Waals surface area contributed by atoms with E-state index in [0.29, 0.717) is 25.2 Å². The fourth-order valence-corrected chi connectivity index (χ4v) is 4.38. The van der Waals surface area contributed by atoms with Crippen LogP contribution in [0.1, 0.15) is 50.4 Å². The number of hydrogen-bond acceptors (Lipinski definition) is 3. The predicted molar refractivity (Wildman–Crippen MR) is 97.9 cm³/mol. The molecule has 25 heavy (non-hydrogen) atoms. The Morgan fingerprint density at radius 2 is 1.92 bits per heavy atom. The van der Waals surface area contributed by atoms with Crippen LogP contribution >= 0.6 is 0 Å². The minimum atomic E-state index is -3.49. The minimum absolute atomic E-state index is 0.183. The summed E-state index contributed by atoms with van der Waals surface area (Å²) in [4.78, 5) is 12.5. The van der Waals surface area contributed by atoms with Gasteiger partial charge in [0.15, 0.2) is 0 Å². The van der Waals surface area contributed by atoms with Gasteiger partial charge in [-0.3, -0.25) is 4.79 Å². The summed E-state index contributed by atoms with van der Waals surface area (Å²) >= 11 is 0. The van der Waals surface area contributed by atoms with E-state index in [1.54, 1.807) is 18.2 Å². The van der Waals surface area contributed by atoms with Gasteiger partial charge in [0.25, 0.3) is 5.91 Å². The Balaban J connectivity index is 1.93. The second-order valence-corrected chi connectivity index (χ2v) is 9.55. The molecule has 1 amide bonds. The van der Waals surface area contributed by atoms with E-state index in [0.717, 1.165) is 25.8 Å². The van der Waals surface area contributed by atoms with Crippen molar-refractivity contribution in [1.29, 1.82) is 0 Å². The average Bonchev–Trinajstić information content (AvgIpc) is 3.08. The summed E-state index contributed by atoms with van der Waals surface area (Å²) in [7, 11) is -3.49. The summed E-state index contributed by atoms with van der Waals surface area (Å²) in [6, 6.07) is 6.32. The third-order valence-electron chi connectivity index (χ3n) is 4.22. The summed E-state index contributed by atoms with van der Waals surface area (Å²) < 4.78 is 26.7. The van der Waals surface area contributed by atoms with Crippen molar-refractivity contribution in [3.8, 4) is 0 Å². The normalized spacial score (nSPS) is 16.1. The lowest BCUT2D eigenvalue weighted by Gasteiger charge is -2.17. The van der Waals surface area contributed by atoms with Crippen LogP contribution in [0.5, 0.6) is 0 Å². The van der Waals surface area contributed by atoms with Crippen LogP contribution in [-0.2, 0) is 10.0 Å². The number of quaternary nitrogens is 1. The zero-order valence-corrected chi connectivity index (χ0v) is 16.2. The zero-order chi connectivity index (χ0) is 18.5. The highest BCUT2D eigenvalue weighted by atomic mass is 32.2. The highest BCUT2D eigenvalue weighted by molar-refractivity contribution is 7.89. The van der Waals surface area contributed by atoms with Crippen LogP contribution in [0, 0.1) is 0 Å². The minimum Gasteiger partial charge on any atom is -0.352 e. The zero-order valence-electron chi connectivity index (χ0n) is 15.4. The quantitative estimate of drug-likeness (QED) is 0.703. The summed E-state index contributed by atoms with van der Waals surface area (Å²) in [6.07, 6.45) is 2.66. The van der Waals surface area contributed by atoms with Crippen LogP contribution < -0.4 is 10.6 Å². The maximum absolute atomic E-state index is 12.6. The van der Waals surface area contributed by atoms with E-state index in [1.165, 1.54) is 10.4 Å². The van der Waals surface area contributed by atoms with Gasteiger partial charge in [0.1, 0.15) is 0 Å². The van der Waals surface area contributed by atoms with E-state index < -0.39 is 10.0 Å². The molecule has 1 saturated heterocycles. The Morgan fingerprint density at radius 1 is 1.24 bits per heavy atom. The van der Waals surface area contributed by atoms with Crippen LogP contribution in [-0.4, -0.2) is 50.3 Å². The van der Waals surface area contributed by atoms with Gasteiger partial charge in [-0.1, -0.05) is 6.07 Å². The number of nitrogens with zero attached hydrogens (tertiary/aromatic N) is 1. The van der Waals surface area contributed by atoms with E-state index in [2.05, 4.69) is 31.4 Å². The van der Waals surface area contributed by atoms with E-state index in [1.807, 2.05) is 0 Å². The molecule has 1 aliphatic heterocycles. The fourth-order valence-electron chi connectivity index (χ4n) is 2.82. The van der Waals surface area contributed by atoms with E-state index in [-0.39, 0.29) is 16.3 Å². The van der Waals surface area contributed by atoms with Crippen LogP contribution in [0.15, 0.2) is 29.2 Å². The molecule has 0 bridgehead atoms. The van der Waals surface area contributed by atoms with Gasteiger partial charge < -0.3 is 10.6 Å². The number of sulfonamides is 1. The molecule has 1 aromatic carbocycles. The Labute approximate surface area is 151 Å². The second-order valence-electron chi connectivity index (χ2n) is 7.61. The Hall–Kier alpha value is -1.44. The third-order valence-corrected chi connectivity index (χ3v) is 6.12. The van der Waals surface area contributed by atoms with Crippen molar-refractivity contribution in [2.45, 2.75) is 50.5 Å². The summed E-state index contributed by atoms with van der Waals surface area (Å²) in [5, 5.41) is 5.10. The lowest BCUT2D eigenvalue weighted by atomic mass is 10.1. The number of hydrogen-bond donors (Lipinski definition) is 2. The molecule has 3 N–H and O–H groups in total. The van der Waals surface area contributed by atoms with E-state index in [9.17, 15) is 13.2 Å². The van der Waals surface area contributed by atoms with Crippen molar-refractivity contribution in [2.24, 2.45) is 0 Å². The number of rotatable bonds is 7. The van der Waals surface area contributed by atoms with Gasteiger partial charge in [0.05, 0.1) is 17.0 Å². The molecule has 7 heteroatoms. The molecule has 2 rings (SSSR count). The molecule has 0 atom stereocenters. The number of amides is 1. The van der Waals surface area contributed by atoms with Crippen molar-refractivity contribution in [3.63, 3.8) is 0 Å². The molecule has 0 saturated carbocycles. The molecule has 0 radical (unpaired) electrons. The number of nitrogens with one attached hydrogen (secondary N) is 1. The third kappa shape index (κ3) is 5.80. The molecule has 1 heterocycles. The van der Waals surface area contributed by atoms with Crippen LogP contribution in [0.3, 0.4) is 0 Å². The first-order chi connectivity index (χ1) is 11.7. The molecule has 0 aromatic heterocycles. The fraction of sp³-hybridized carbons (Fsp3) is 0.611. The van der Waals surface area contributed by atoms with Crippen molar-refractivity contribution < 1.29 is 18.5 Å². The SMILES string of the molecule is CC(C)(C)[NH2+]CCCNC(=O)c1cccc(S(=O)(=O)N2CCCC2)c1. The molecule has 1 fully saturated rings. The topological polar surface area (TPSA) is 83.1 Å². The molecular formula is C18H30N3O3S+. The molecule has 0 spiro atoms. The molecule has 1 aromatic rings. The number of nitrogens with two attached hydrogens (primary N) is 1. The van der Waals surface area contributed by atoms with Gasteiger partial charge in [-0.15, -0.1) is 0 Å². The molecule has 6 nitrogen and oxygen atoms in total. The molecule has 1 aliphatic rings. The molecule has 140 valence electrons. The summed E-state index contributed by atoms with van der Waals surface area (Å²) in [5.74, 6) is -0.228. The largest absolute Gasteiger partial charge is 0.352 e. The number of carbonyl (C=O) groups is 1. The smallest absolute Gasteiger partial charge is 0.251 e. The van der Waals surface area contributed by atoms with Crippen LogP contribution in [0.4, 0.5) is 0 Å². The van der Waals surface area contributed by atoms with Gasteiger partial charge in [-0.2, -0.15) is 4.31 Å². The number of benzene rings is 1. The van der Waals surface area contributed by atoms with Crippen molar-refractivity contribution in [3.05, 3.63) is 29.8 Å². The molecular weight excluding hydrogens is 338 g/mol. The first-order valence-electron chi connectivity index (χ1n) is 8.93. The lowest BCUT2D eigenvalue weighted by molar-refractivity contribution is -0.717. The first kappa shape index (κ1) is 19.9. The lowest BCUT2D eigenvalue weighted by Crippen LogP contribution is -2.94. The first-order valence-corrected chi connectivity index (χ1v) is 10.4. The van der Waals surface area contributed by atoms with Gasteiger partial charge in [0.2, 0.25) is 10.0 Å². The predicted octanol–water partition coefficient (Wildman–Crippen LogP) is 0.953. The highest BCUT2D eigenvalue weighted by Gasteiger charge is 2.27. The molecule has 0 unspecified atom stereocenters. The van der Waals surface area contributed by atoms with Crippen LogP contribution in [0.25, 0.3) is 0 Å². The second kappa shape index (κ2) is 8.29. The summed E-state index contributed by atoms with van der Waals surface area (Å²) in [6.45, 7) is 9.08. The number of carbonyl (C=O) groups excluding carboxylic acids is 1. The average molecular weight is 369 g/mol. The Kier molecular flexibility index (Phi) is 6.59. The maximum atomic E-state index is 12.6.